The molecule has 104 valence electrons. The summed E-state index contributed by atoms with van der Waals surface area (Å²) in [5, 5.41) is 0. The minimum absolute atomic E-state index is 0.219. The van der Waals surface area contributed by atoms with Crippen molar-refractivity contribution in [3.63, 3.8) is 0 Å². The summed E-state index contributed by atoms with van der Waals surface area (Å²) in [6.07, 6.45) is 0.672. The van der Waals surface area contributed by atoms with Crippen LogP contribution in [-0.4, -0.2) is 52.0 Å². The lowest BCUT2D eigenvalue weighted by Crippen LogP contribution is -2.37. The number of ether oxygens (including phenoxy) is 1. The maximum absolute atomic E-state index is 11.9. The molecule has 2 saturated heterocycles. The van der Waals surface area contributed by atoms with E-state index in [4.69, 9.17) is 4.74 Å². The number of sulfonamides is 1. The normalized spacial score (nSPS) is 22.7. The van der Waals surface area contributed by atoms with Gasteiger partial charge in [-0.05, 0) is 18.6 Å². The van der Waals surface area contributed by atoms with Gasteiger partial charge < -0.3 is 9.64 Å². The van der Waals surface area contributed by atoms with Crippen LogP contribution in [0.1, 0.15) is 6.42 Å². The molecule has 6 nitrogen and oxygen atoms in total. The highest BCUT2D eigenvalue weighted by atomic mass is 32.2. The Morgan fingerprint density at radius 2 is 1.84 bits per heavy atom. The first-order valence-corrected chi connectivity index (χ1v) is 8.08. The van der Waals surface area contributed by atoms with Crippen molar-refractivity contribution in [3.05, 3.63) is 18.2 Å². The number of pyridine rings is 1. The Bertz CT molecular complexity index is 555. The second-order valence-electron chi connectivity index (χ2n) is 4.70. The predicted molar refractivity (Wildman–Crippen MR) is 73.0 cm³/mol. The second kappa shape index (κ2) is 4.97. The molecule has 0 N–H and O–H groups in total. The summed E-state index contributed by atoms with van der Waals surface area (Å²) in [6.45, 7) is 3.50. The molecule has 0 bridgehead atoms. The zero-order chi connectivity index (χ0) is 13.3. The molecule has 0 amide bonds. The Hall–Kier alpha value is -1.34. The van der Waals surface area contributed by atoms with E-state index in [9.17, 15) is 8.42 Å². The summed E-state index contributed by atoms with van der Waals surface area (Å²) in [7, 11) is -3.16. The zero-order valence-electron chi connectivity index (χ0n) is 10.7. The van der Waals surface area contributed by atoms with Gasteiger partial charge in [0, 0.05) is 19.6 Å². The molecule has 3 rings (SSSR count). The monoisotopic (exact) mass is 283 g/mol. The standard InChI is InChI=1S/C12H17N3O3S/c16-19(17)10-2-5-15(19)12-4-1-3-11(13-12)14-6-8-18-9-7-14/h1,3-4H,2,5-10H2. The van der Waals surface area contributed by atoms with Crippen LogP contribution in [-0.2, 0) is 14.8 Å². The molecule has 1 aromatic heterocycles. The van der Waals surface area contributed by atoms with Crippen LogP contribution in [0.15, 0.2) is 18.2 Å². The average molecular weight is 283 g/mol. The molecule has 3 heterocycles. The van der Waals surface area contributed by atoms with Crippen molar-refractivity contribution in [1.82, 2.24) is 4.98 Å². The van der Waals surface area contributed by atoms with E-state index in [2.05, 4.69) is 9.88 Å². The number of morpholine rings is 1. The topological polar surface area (TPSA) is 62.7 Å². The molecule has 19 heavy (non-hydrogen) atoms. The zero-order valence-corrected chi connectivity index (χ0v) is 11.5. The number of nitrogens with zero attached hydrogens (tertiary/aromatic N) is 3. The average Bonchev–Trinajstić information content (AvgIpc) is 2.79. The molecule has 0 saturated carbocycles. The lowest BCUT2D eigenvalue weighted by atomic mass is 10.3. The molecule has 0 aromatic carbocycles. The summed E-state index contributed by atoms with van der Waals surface area (Å²) in [6, 6.07) is 5.53. The van der Waals surface area contributed by atoms with Gasteiger partial charge in [0.1, 0.15) is 11.6 Å². The fourth-order valence-corrected chi connectivity index (χ4v) is 3.92. The Balaban J connectivity index is 1.87. The summed E-state index contributed by atoms with van der Waals surface area (Å²) >= 11 is 0. The van der Waals surface area contributed by atoms with E-state index in [0.29, 0.717) is 32.0 Å². The van der Waals surface area contributed by atoms with Gasteiger partial charge in [-0.15, -0.1) is 0 Å². The quantitative estimate of drug-likeness (QED) is 0.789. The first-order valence-electron chi connectivity index (χ1n) is 6.47. The molecule has 2 aliphatic rings. The van der Waals surface area contributed by atoms with Gasteiger partial charge in [0.2, 0.25) is 10.0 Å². The summed E-state index contributed by atoms with van der Waals surface area (Å²) in [5.74, 6) is 1.57. The fourth-order valence-electron chi connectivity index (χ4n) is 2.42. The number of anilines is 2. The van der Waals surface area contributed by atoms with E-state index in [1.54, 1.807) is 6.07 Å². The predicted octanol–water partition coefficient (Wildman–Crippen LogP) is 0.458. The van der Waals surface area contributed by atoms with Gasteiger partial charge in [-0.1, -0.05) is 6.07 Å². The molecule has 0 spiro atoms. The third-order valence-corrected chi connectivity index (χ3v) is 5.26. The third-order valence-electron chi connectivity index (χ3n) is 3.41. The van der Waals surface area contributed by atoms with Crippen LogP contribution in [0.4, 0.5) is 11.6 Å². The van der Waals surface area contributed by atoms with E-state index in [-0.39, 0.29) is 5.75 Å². The van der Waals surface area contributed by atoms with Gasteiger partial charge in [0.15, 0.2) is 0 Å². The molecular weight excluding hydrogens is 266 g/mol. The van der Waals surface area contributed by atoms with Gasteiger partial charge in [0.05, 0.1) is 19.0 Å². The van der Waals surface area contributed by atoms with Gasteiger partial charge in [-0.2, -0.15) is 0 Å². The highest BCUT2D eigenvalue weighted by molar-refractivity contribution is 7.93. The largest absolute Gasteiger partial charge is 0.378 e. The molecule has 7 heteroatoms. The van der Waals surface area contributed by atoms with Crippen molar-refractivity contribution >= 4 is 21.7 Å². The Labute approximate surface area is 113 Å². The van der Waals surface area contributed by atoms with Crippen LogP contribution in [0.5, 0.6) is 0 Å². The first kappa shape index (κ1) is 12.7. The minimum atomic E-state index is -3.16. The summed E-state index contributed by atoms with van der Waals surface area (Å²) < 4.78 is 30.5. The summed E-state index contributed by atoms with van der Waals surface area (Å²) in [5.41, 5.74) is 0. The Morgan fingerprint density at radius 1 is 1.11 bits per heavy atom. The maximum atomic E-state index is 11.9. The molecule has 0 atom stereocenters. The van der Waals surface area contributed by atoms with Crippen LogP contribution in [0.3, 0.4) is 0 Å². The van der Waals surface area contributed by atoms with Gasteiger partial charge in [0.25, 0.3) is 0 Å². The van der Waals surface area contributed by atoms with E-state index in [1.807, 2.05) is 12.1 Å². The van der Waals surface area contributed by atoms with Crippen molar-refractivity contribution in [1.29, 1.82) is 0 Å². The lowest BCUT2D eigenvalue weighted by molar-refractivity contribution is 0.122. The van der Waals surface area contributed by atoms with Gasteiger partial charge >= 0.3 is 0 Å². The van der Waals surface area contributed by atoms with Crippen molar-refractivity contribution in [3.8, 4) is 0 Å². The molecule has 0 radical (unpaired) electrons. The van der Waals surface area contributed by atoms with E-state index in [1.165, 1.54) is 4.31 Å². The number of rotatable bonds is 2. The van der Waals surface area contributed by atoms with Gasteiger partial charge in [-0.25, -0.2) is 13.4 Å². The highest BCUT2D eigenvalue weighted by Gasteiger charge is 2.29. The van der Waals surface area contributed by atoms with Crippen LogP contribution in [0.25, 0.3) is 0 Å². The Morgan fingerprint density at radius 3 is 2.53 bits per heavy atom. The first-order chi connectivity index (χ1) is 9.17. The summed E-state index contributed by atoms with van der Waals surface area (Å²) in [4.78, 5) is 6.61. The molecule has 1 aromatic rings. The minimum Gasteiger partial charge on any atom is -0.378 e. The van der Waals surface area contributed by atoms with Crippen LogP contribution in [0.2, 0.25) is 0 Å². The van der Waals surface area contributed by atoms with Crippen molar-refractivity contribution < 1.29 is 13.2 Å². The third kappa shape index (κ3) is 2.52. The molecule has 0 aliphatic carbocycles. The van der Waals surface area contributed by atoms with Crippen molar-refractivity contribution in [2.75, 3.05) is 47.8 Å². The van der Waals surface area contributed by atoms with Crippen molar-refractivity contribution in [2.45, 2.75) is 6.42 Å². The molecule has 0 unspecified atom stereocenters. The molecular formula is C12H17N3O3S. The van der Waals surface area contributed by atoms with Crippen LogP contribution < -0.4 is 9.21 Å². The van der Waals surface area contributed by atoms with Crippen LogP contribution in [0, 0.1) is 0 Å². The number of aromatic nitrogens is 1. The maximum Gasteiger partial charge on any atom is 0.236 e. The molecule has 2 fully saturated rings. The molecule has 2 aliphatic heterocycles. The lowest BCUT2D eigenvalue weighted by Gasteiger charge is -2.28. The SMILES string of the molecule is O=S1(=O)CCCN1c1cccc(N2CCOCC2)n1. The fraction of sp³-hybridized carbons (Fsp3) is 0.583. The van der Waals surface area contributed by atoms with Gasteiger partial charge in [-0.3, -0.25) is 4.31 Å². The number of hydrogen-bond acceptors (Lipinski definition) is 5. The highest BCUT2D eigenvalue weighted by Crippen LogP contribution is 2.24. The van der Waals surface area contributed by atoms with Crippen LogP contribution >= 0.6 is 0 Å². The second-order valence-corrected chi connectivity index (χ2v) is 6.71. The smallest absolute Gasteiger partial charge is 0.236 e. The van der Waals surface area contributed by atoms with E-state index < -0.39 is 10.0 Å². The van der Waals surface area contributed by atoms with E-state index >= 15 is 0 Å². The van der Waals surface area contributed by atoms with E-state index in [0.717, 1.165) is 18.9 Å². The van der Waals surface area contributed by atoms with Crippen molar-refractivity contribution in [2.24, 2.45) is 0 Å². The number of hydrogen-bond donors (Lipinski definition) is 0. The Kier molecular flexibility index (Phi) is 3.32.